The van der Waals surface area contributed by atoms with Crippen LogP contribution in [0.1, 0.15) is 42.5 Å². The lowest BCUT2D eigenvalue weighted by atomic mass is 9.74. The van der Waals surface area contributed by atoms with E-state index < -0.39 is 0 Å². The van der Waals surface area contributed by atoms with Crippen molar-refractivity contribution in [1.29, 1.82) is 0 Å². The second-order valence-corrected chi connectivity index (χ2v) is 8.28. The van der Waals surface area contributed by atoms with Crippen LogP contribution >= 0.6 is 0 Å². The zero-order chi connectivity index (χ0) is 22.2. The van der Waals surface area contributed by atoms with E-state index in [4.69, 9.17) is 9.47 Å². The van der Waals surface area contributed by atoms with E-state index in [-0.39, 0.29) is 5.41 Å². The molecule has 0 N–H and O–H groups in total. The van der Waals surface area contributed by atoms with Crippen molar-refractivity contribution in [2.45, 2.75) is 38.9 Å². The van der Waals surface area contributed by atoms with Crippen LogP contribution in [0, 0.1) is 0 Å². The molecule has 4 aromatic rings. The predicted octanol–water partition coefficient (Wildman–Crippen LogP) is 7.56. The maximum atomic E-state index is 5.96. The summed E-state index contributed by atoms with van der Waals surface area (Å²) in [4.78, 5) is 0. The normalized spacial score (nSPS) is 11.2. The molecular formula is C30H30O2. The molecule has 32 heavy (non-hydrogen) atoms. The minimum atomic E-state index is -0.0735. The van der Waals surface area contributed by atoms with Crippen molar-refractivity contribution < 1.29 is 9.47 Å². The molecule has 0 heterocycles. The molecule has 0 aliphatic carbocycles. The fourth-order valence-electron chi connectivity index (χ4n) is 3.89. The van der Waals surface area contributed by atoms with Gasteiger partial charge in [-0.3, -0.25) is 0 Å². The van der Waals surface area contributed by atoms with E-state index in [2.05, 4.69) is 86.6 Å². The lowest BCUT2D eigenvalue weighted by Crippen LogP contribution is -2.22. The number of ether oxygens (including phenoxy) is 2. The van der Waals surface area contributed by atoms with Crippen LogP contribution in [0.5, 0.6) is 11.5 Å². The predicted molar refractivity (Wildman–Crippen MR) is 131 cm³/mol. The SMILES string of the molecule is CCC(C)(c1ccc(OCc2ccccc2)cc1)c1ccc(OCc2ccccc2)cc1. The van der Waals surface area contributed by atoms with Gasteiger partial charge in [0.15, 0.2) is 0 Å². The summed E-state index contributed by atoms with van der Waals surface area (Å²) in [5.74, 6) is 1.78. The topological polar surface area (TPSA) is 18.5 Å². The van der Waals surface area contributed by atoms with Gasteiger partial charge in [-0.1, -0.05) is 98.8 Å². The molecule has 0 aliphatic heterocycles. The maximum absolute atomic E-state index is 5.96. The van der Waals surface area contributed by atoms with E-state index in [0.29, 0.717) is 13.2 Å². The Labute approximate surface area is 191 Å². The molecule has 162 valence electrons. The number of rotatable bonds is 9. The van der Waals surface area contributed by atoms with Gasteiger partial charge in [0, 0.05) is 5.41 Å². The molecule has 2 nitrogen and oxygen atoms in total. The molecule has 0 radical (unpaired) electrons. The van der Waals surface area contributed by atoms with Crippen molar-refractivity contribution in [3.8, 4) is 11.5 Å². The van der Waals surface area contributed by atoms with Gasteiger partial charge < -0.3 is 9.47 Å². The lowest BCUT2D eigenvalue weighted by Gasteiger charge is -2.30. The van der Waals surface area contributed by atoms with Crippen molar-refractivity contribution in [1.82, 2.24) is 0 Å². The molecule has 4 rings (SSSR count). The smallest absolute Gasteiger partial charge is 0.119 e. The minimum absolute atomic E-state index is 0.0735. The van der Waals surface area contributed by atoms with Gasteiger partial charge in [-0.25, -0.2) is 0 Å². The number of hydrogen-bond acceptors (Lipinski definition) is 2. The van der Waals surface area contributed by atoms with Crippen molar-refractivity contribution in [2.24, 2.45) is 0 Å². The summed E-state index contributed by atoms with van der Waals surface area (Å²) in [7, 11) is 0. The molecule has 0 fully saturated rings. The highest BCUT2D eigenvalue weighted by Crippen LogP contribution is 2.36. The van der Waals surface area contributed by atoms with Gasteiger partial charge in [0.1, 0.15) is 24.7 Å². The zero-order valence-corrected chi connectivity index (χ0v) is 18.8. The summed E-state index contributed by atoms with van der Waals surface area (Å²) in [6.07, 6.45) is 1.00. The summed E-state index contributed by atoms with van der Waals surface area (Å²) in [6.45, 7) is 5.69. The molecule has 0 aliphatic rings. The molecule has 0 amide bonds. The van der Waals surface area contributed by atoms with Crippen molar-refractivity contribution in [3.63, 3.8) is 0 Å². The van der Waals surface area contributed by atoms with Gasteiger partial charge in [0.2, 0.25) is 0 Å². The van der Waals surface area contributed by atoms with Gasteiger partial charge in [0.25, 0.3) is 0 Å². The molecule has 0 saturated carbocycles. The van der Waals surface area contributed by atoms with Crippen LogP contribution < -0.4 is 9.47 Å². The van der Waals surface area contributed by atoms with Crippen LogP contribution in [0.15, 0.2) is 109 Å². The quantitative estimate of drug-likeness (QED) is 0.277. The van der Waals surface area contributed by atoms with E-state index >= 15 is 0 Å². The monoisotopic (exact) mass is 422 g/mol. The van der Waals surface area contributed by atoms with Crippen LogP contribution in [0.3, 0.4) is 0 Å². The standard InChI is InChI=1S/C30H30O2/c1-3-30(2,26-14-18-28(19-15-26)31-22-24-10-6-4-7-11-24)27-16-20-29(21-17-27)32-23-25-12-8-5-9-13-25/h4-21H,3,22-23H2,1-2H3. The zero-order valence-electron chi connectivity index (χ0n) is 18.8. The summed E-state index contributed by atoms with van der Waals surface area (Å²) in [6, 6.07) is 37.5. The Hall–Kier alpha value is -3.52. The Morgan fingerprint density at radius 3 is 1.25 bits per heavy atom. The van der Waals surface area contributed by atoms with Gasteiger partial charge in [0.05, 0.1) is 0 Å². The summed E-state index contributed by atoms with van der Waals surface area (Å²) < 4.78 is 11.9. The van der Waals surface area contributed by atoms with Crippen molar-refractivity contribution in [2.75, 3.05) is 0 Å². The maximum Gasteiger partial charge on any atom is 0.119 e. The van der Waals surface area contributed by atoms with Gasteiger partial charge in [-0.15, -0.1) is 0 Å². The average molecular weight is 423 g/mol. The summed E-state index contributed by atoms with van der Waals surface area (Å²) in [5.41, 5.74) is 4.83. The Kier molecular flexibility index (Phi) is 6.91. The third kappa shape index (κ3) is 5.20. The van der Waals surface area contributed by atoms with E-state index in [9.17, 15) is 0 Å². The Bertz CT molecular complexity index is 998. The second-order valence-electron chi connectivity index (χ2n) is 8.28. The van der Waals surface area contributed by atoms with Crippen LogP contribution in [-0.4, -0.2) is 0 Å². The molecule has 0 saturated heterocycles. The second kappa shape index (κ2) is 10.2. The number of benzene rings is 4. The highest BCUT2D eigenvalue weighted by Gasteiger charge is 2.27. The van der Waals surface area contributed by atoms with E-state index in [1.54, 1.807) is 0 Å². The molecule has 0 unspecified atom stereocenters. The van der Waals surface area contributed by atoms with E-state index in [1.807, 2.05) is 36.4 Å². The van der Waals surface area contributed by atoms with Crippen LogP contribution in [0.4, 0.5) is 0 Å². The van der Waals surface area contributed by atoms with Crippen LogP contribution in [-0.2, 0) is 18.6 Å². The van der Waals surface area contributed by atoms with Gasteiger partial charge in [-0.05, 0) is 52.9 Å². The fraction of sp³-hybridized carbons (Fsp3) is 0.200. The summed E-state index contributed by atoms with van der Waals surface area (Å²) in [5, 5.41) is 0. The molecular weight excluding hydrogens is 392 g/mol. The molecule has 2 heteroatoms. The first-order chi connectivity index (χ1) is 15.7. The molecule has 0 atom stereocenters. The molecule has 0 spiro atoms. The van der Waals surface area contributed by atoms with Crippen molar-refractivity contribution >= 4 is 0 Å². The Morgan fingerprint density at radius 1 is 0.531 bits per heavy atom. The Balaban J connectivity index is 1.42. The largest absolute Gasteiger partial charge is 0.489 e. The first-order valence-electron chi connectivity index (χ1n) is 11.2. The number of hydrogen-bond donors (Lipinski definition) is 0. The molecule has 0 bridgehead atoms. The third-order valence-electron chi connectivity index (χ3n) is 6.19. The third-order valence-corrected chi connectivity index (χ3v) is 6.19. The van der Waals surface area contributed by atoms with Crippen LogP contribution in [0.25, 0.3) is 0 Å². The Morgan fingerprint density at radius 2 is 0.906 bits per heavy atom. The molecule has 4 aromatic carbocycles. The van der Waals surface area contributed by atoms with E-state index in [1.165, 1.54) is 22.3 Å². The minimum Gasteiger partial charge on any atom is -0.489 e. The highest BCUT2D eigenvalue weighted by molar-refractivity contribution is 5.42. The van der Waals surface area contributed by atoms with Crippen LogP contribution in [0.2, 0.25) is 0 Å². The average Bonchev–Trinajstić information content (AvgIpc) is 2.87. The van der Waals surface area contributed by atoms with Crippen molar-refractivity contribution in [3.05, 3.63) is 131 Å². The lowest BCUT2D eigenvalue weighted by molar-refractivity contribution is 0.306. The first kappa shape index (κ1) is 21.7. The first-order valence-corrected chi connectivity index (χ1v) is 11.2. The van der Waals surface area contributed by atoms with Gasteiger partial charge >= 0.3 is 0 Å². The van der Waals surface area contributed by atoms with E-state index in [0.717, 1.165) is 17.9 Å². The fourth-order valence-corrected chi connectivity index (χ4v) is 3.89. The summed E-state index contributed by atoms with van der Waals surface area (Å²) >= 11 is 0. The molecule has 0 aromatic heterocycles. The van der Waals surface area contributed by atoms with Gasteiger partial charge in [-0.2, -0.15) is 0 Å². The highest BCUT2D eigenvalue weighted by atomic mass is 16.5.